The van der Waals surface area contributed by atoms with Crippen LogP contribution in [0.4, 0.5) is 10.1 Å². The Morgan fingerprint density at radius 3 is 2.67 bits per heavy atom. The minimum absolute atomic E-state index is 0.0188. The van der Waals surface area contributed by atoms with Crippen LogP contribution in [-0.4, -0.2) is 5.91 Å². The number of carbonyl (C=O) groups excluding carboxylic acids is 1. The minimum atomic E-state index is -0.372. The van der Waals surface area contributed by atoms with Crippen LogP contribution in [0.25, 0.3) is 0 Å². The smallest absolute Gasteiger partial charge is 0.221 e. The summed E-state index contributed by atoms with van der Waals surface area (Å²) in [6.45, 7) is 2.03. The lowest BCUT2D eigenvalue weighted by Gasteiger charge is -2.21. The van der Waals surface area contributed by atoms with Crippen molar-refractivity contribution in [3.8, 4) is 0 Å². The van der Waals surface area contributed by atoms with E-state index in [9.17, 15) is 9.18 Å². The third-order valence-corrected chi connectivity index (χ3v) is 3.37. The molecule has 0 saturated carbocycles. The third kappa shape index (κ3) is 4.05. The first kappa shape index (κ1) is 15.0. The molecule has 3 N–H and O–H groups in total. The van der Waals surface area contributed by atoms with Crippen LogP contribution < -0.4 is 11.1 Å². The van der Waals surface area contributed by atoms with Gasteiger partial charge in [0.15, 0.2) is 0 Å². The monoisotopic (exact) mass is 286 g/mol. The van der Waals surface area contributed by atoms with Crippen molar-refractivity contribution >= 4 is 11.6 Å². The molecule has 0 bridgehead atoms. The van der Waals surface area contributed by atoms with E-state index in [0.29, 0.717) is 0 Å². The number of benzene rings is 2. The standard InChI is InChI=1S/C17H19FN2O/c1-2-15(12-7-5-8-14(18)10-12)20-16-9-4-3-6-13(16)11-17(19)21/h3-10,15,20H,2,11H2,1H3,(H2,19,21). The number of nitrogens with two attached hydrogens (primary N) is 1. The molecule has 21 heavy (non-hydrogen) atoms. The Morgan fingerprint density at radius 1 is 1.24 bits per heavy atom. The average molecular weight is 286 g/mol. The first-order valence-electron chi connectivity index (χ1n) is 6.98. The van der Waals surface area contributed by atoms with Crippen LogP contribution in [0.3, 0.4) is 0 Å². The van der Waals surface area contributed by atoms with Crippen LogP contribution in [0, 0.1) is 5.82 Å². The van der Waals surface area contributed by atoms with E-state index < -0.39 is 0 Å². The predicted octanol–water partition coefficient (Wildman–Crippen LogP) is 3.42. The van der Waals surface area contributed by atoms with E-state index in [1.54, 1.807) is 6.07 Å². The molecule has 1 amide bonds. The van der Waals surface area contributed by atoms with Gasteiger partial charge in [0.2, 0.25) is 5.91 Å². The van der Waals surface area contributed by atoms with Crippen molar-refractivity contribution in [2.75, 3.05) is 5.32 Å². The summed E-state index contributed by atoms with van der Waals surface area (Å²) in [4.78, 5) is 11.1. The molecule has 0 aromatic heterocycles. The summed E-state index contributed by atoms with van der Waals surface area (Å²) in [6, 6.07) is 14.1. The zero-order chi connectivity index (χ0) is 15.2. The number of hydrogen-bond acceptors (Lipinski definition) is 2. The molecule has 0 heterocycles. The van der Waals surface area contributed by atoms with Gasteiger partial charge in [-0.25, -0.2) is 4.39 Å². The van der Waals surface area contributed by atoms with Gasteiger partial charge in [0.1, 0.15) is 5.82 Å². The van der Waals surface area contributed by atoms with E-state index in [1.165, 1.54) is 12.1 Å². The van der Waals surface area contributed by atoms with E-state index in [0.717, 1.165) is 23.2 Å². The maximum Gasteiger partial charge on any atom is 0.221 e. The lowest BCUT2D eigenvalue weighted by Crippen LogP contribution is -2.16. The Bertz CT molecular complexity index is 628. The molecule has 3 nitrogen and oxygen atoms in total. The molecule has 1 atom stereocenters. The molecular formula is C17H19FN2O. The lowest BCUT2D eigenvalue weighted by molar-refractivity contribution is -0.117. The molecule has 4 heteroatoms. The Kier molecular flexibility index (Phi) is 4.93. The summed E-state index contributed by atoms with van der Waals surface area (Å²) in [6.07, 6.45) is 0.983. The Balaban J connectivity index is 2.25. The number of halogens is 1. The number of nitrogens with one attached hydrogen (secondary N) is 1. The van der Waals surface area contributed by atoms with Gasteiger partial charge in [0, 0.05) is 5.69 Å². The predicted molar refractivity (Wildman–Crippen MR) is 82.4 cm³/mol. The van der Waals surface area contributed by atoms with Crippen LogP contribution >= 0.6 is 0 Å². The van der Waals surface area contributed by atoms with Gasteiger partial charge >= 0.3 is 0 Å². The summed E-state index contributed by atoms with van der Waals surface area (Å²) in [5.41, 5.74) is 7.85. The van der Waals surface area contributed by atoms with Crippen molar-refractivity contribution in [2.24, 2.45) is 5.73 Å². The number of hydrogen-bond donors (Lipinski definition) is 2. The van der Waals surface area contributed by atoms with Gasteiger partial charge in [-0.1, -0.05) is 37.3 Å². The van der Waals surface area contributed by atoms with Gasteiger partial charge in [-0.15, -0.1) is 0 Å². The van der Waals surface area contributed by atoms with Crippen molar-refractivity contribution in [3.05, 3.63) is 65.5 Å². The number of amides is 1. The molecule has 0 aliphatic rings. The maximum absolute atomic E-state index is 13.4. The van der Waals surface area contributed by atoms with E-state index in [1.807, 2.05) is 37.3 Å². The van der Waals surface area contributed by atoms with E-state index in [2.05, 4.69) is 5.32 Å². The van der Waals surface area contributed by atoms with Gasteiger partial charge in [-0.3, -0.25) is 4.79 Å². The number of carbonyl (C=O) groups is 1. The molecule has 110 valence electrons. The topological polar surface area (TPSA) is 55.1 Å². The molecule has 0 aliphatic carbocycles. The fourth-order valence-corrected chi connectivity index (χ4v) is 2.34. The van der Waals surface area contributed by atoms with Gasteiger partial charge in [-0.2, -0.15) is 0 Å². The molecular weight excluding hydrogens is 267 g/mol. The molecule has 2 aromatic carbocycles. The third-order valence-electron chi connectivity index (χ3n) is 3.37. The summed E-state index contributed by atoms with van der Waals surface area (Å²) in [7, 11) is 0. The van der Waals surface area contributed by atoms with Gasteiger partial charge < -0.3 is 11.1 Å². The highest BCUT2D eigenvalue weighted by molar-refractivity contribution is 5.78. The highest BCUT2D eigenvalue weighted by Gasteiger charge is 2.12. The van der Waals surface area contributed by atoms with Crippen molar-refractivity contribution in [3.63, 3.8) is 0 Å². The highest BCUT2D eigenvalue weighted by Crippen LogP contribution is 2.25. The second-order valence-electron chi connectivity index (χ2n) is 4.96. The molecule has 2 rings (SSSR count). The van der Waals surface area contributed by atoms with Crippen LogP contribution in [0.5, 0.6) is 0 Å². The summed E-state index contributed by atoms with van der Waals surface area (Å²) in [5, 5.41) is 3.37. The fourth-order valence-electron chi connectivity index (χ4n) is 2.34. The number of primary amides is 1. The Hall–Kier alpha value is -2.36. The largest absolute Gasteiger partial charge is 0.378 e. The normalized spacial score (nSPS) is 11.9. The van der Waals surface area contributed by atoms with Gasteiger partial charge in [0.25, 0.3) is 0 Å². The quantitative estimate of drug-likeness (QED) is 0.855. The molecule has 0 radical (unpaired) electrons. The van der Waals surface area contributed by atoms with Crippen molar-refractivity contribution < 1.29 is 9.18 Å². The first-order valence-corrected chi connectivity index (χ1v) is 6.98. The van der Waals surface area contributed by atoms with Crippen molar-refractivity contribution in [1.82, 2.24) is 0 Å². The SMILES string of the molecule is CCC(Nc1ccccc1CC(N)=O)c1cccc(F)c1. The number of anilines is 1. The zero-order valence-electron chi connectivity index (χ0n) is 12.0. The molecule has 0 saturated heterocycles. The number of para-hydroxylation sites is 1. The summed E-state index contributed by atoms with van der Waals surface area (Å²) < 4.78 is 13.4. The second kappa shape index (κ2) is 6.88. The number of rotatable bonds is 6. The summed E-state index contributed by atoms with van der Waals surface area (Å²) in [5.74, 6) is -0.624. The van der Waals surface area contributed by atoms with Gasteiger partial charge in [0.05, 0.1) is 12.5 Å². The van der Waals surface area contributed by atoms with E-state index in [-0.39, 0.29) is 24.2 Å². The first-order chi connectivity index (χ1) is 10.1. The lowest BCUT2D eigenvalue weighted by atomic mass is 10.0. The maximum atomic E-state index is 13.4. The fraction of sp³-hybridized carbons (Fsp3) is 0.235. The minimum Gasteiger partial charge on any atom is -0.378 e. The van der Waals surface area contributed by atoms with Crippen LogP contribution in [0.15, 0.2) is 48.5 Å². The molecule has 0 spiro atoms. The second-order valence-corrected chi connectivity index (χ2v) is 4.96. The highest BCUT2D eigenvalue weighted by atomic mass is 19.1. The van der Waals surface area contributed by atoms with Crippen LogP contribution in [-0.2, 0) is 11.2 Å². The van der Waals surface area contributed by atoms with Crippen molar-refractivity contribution in [1.29, 1.82) is 0 Å². The Labute approximate surface area is 124 Å². The average Bonchev–Trinajstić information content (AvgIpc) is 2.45. The Morgan fingerprint density at radius 2 is 2.00 bits per heavy atom. The van der Waals surface area contributed by atoms with E-state index in [4.69, 9.17) is 5.73 Å². The molecule has 2 aromatic rings. The zero-order valence-corrected chi connectivity index (χ0v) is 12.0. The van der Waals surface area contributed by atoms with E-state index >= 15 is 0 Å². The molecule has 0 aliphatic heterocycles. The van der Waals surface area contributed by atoms with Crippen molar-refractivity contribution in [2.45, 2.75) is 25.8 Å². The van der Waals surface area contributed by atoms with Gasteiger partial charge in [-0.05, 0) is 35.7 Å². The summed E-state index contributed by atoms with van der Waals surface area (Å²) >= 11 is 0. The molecule has 0 fully saturated rings. The van der Waals surface area contributed by atoms with Crippen LogP contribution in [0.2, 0.25) is 0 Å². The molecule has 1 unspecified atom stereocenters. The van der Waals surface area contributed by atoms with Crippen LogP contribution in [0.1, 0.15) is 30.5 Å².